The summed E-state index contributed by atoms with van der Waals surface area (Å²) in [6.45, 7) is 5.15. The van der Waals surface area contributed by atoms with Gasteiger partial charge in [0.05, 0.1) is 5.70 Å². The number of aromatic nitrogens is 2. The molecule has 1 aliphatic carbocycles. The van der Waals surface area contributed by atoms with Gasteiger partial charge in [-0.1, -0.05) is 0 Å². The summed E-state index contributed by atoms with van der Waals surface area (Å²) in [4.78, 5) is 42.7. The zero-order valence-corrected chi connectivity index (χ0v) is 12.4. The number of rotatable bonds is 2. The third kappa shape index (κ3) is 1.68. The number of hydrogen-bond acceptors (Lipinski definition) is 6. The summed E-state index contributed by atoms with van der Waals surface area (Å²) < 4.78 is 6.96. The molecule has 0 N–H and O–H groups in total. The highest BCUT2D eigenvalue weighted by molar-refractivity contribution is 6.25. The van der Waals surface area contributed by atoms with Crippen molar-refractivity contribution in [1.29, 1.82) is 0 Å². The molecule has 3 aliphatic rings. The fourth-order valence-electron chi connectivity index (χ4n) is 3.24. The molecule has 3 heterocycles. The Morgan fingerprint density at radius 3 is 2.59 bits per heavy atom. The van der Waals surface area contributed by atoms with Gasteiger partial charge in [0.25, 0.3) is 0 Å². The van der Waals surface area contributed by atoms with E-state index < -0.39 is 12.1 Å². The van der Waals surface area contributed by atoms with Crippen LogP contribution in [0.15, 0.2) is 11.3 Å². The van der Waals surface area contributed by atoms with Crippen LogP contribution in [0.1, 0.15) is 53.2 Å². The molecule has 0 spiro atoms. The van der Waals surface area contributed by atoms with Crippen LogP contribution in [0.25, 0.3) is 0 Å². The van der Waals surface area contributed by atoms with Gasteiger partial charge in [0.1, 0.15) is 11.4 Å². The lowest BCUT2D eigenvalue weighted by Crippen LogP contribution is -2.26. The Morgan fingerprint density at radius 2 is 1.95 bits per heavy atom. The third-order valence-electron chi connectivity index (χ3n) is 4.31. The standard InChI is InChI=1S/C15H15N3O4/c1-7-11(17-5-6-17)14(21)10-12(13(7)20)18-4-3-9(15(18)16-10)22-8(2)19/h9H,3-6H2,1-2H3/t9-/m1/s1. The Kier molecular flexibility index (Phi) is 2.58. The molecule has 1 fully saturated rings. The van der Waals surface area contributed by atoms with Crippen molar-refractivity contribution in [2.75, 3.05) is 13.1 Å². The molecule has 1 aromatic heterocycles. The number of ether oxygens (including phenoxy) is 1. The van der Waals surface area contributed by atoms with Gasteiger partial charge in [0, 0.05) is 38.6 Å². The highest BCUT2D eigenvalue weighted by atomic mass is 16.5. The van der Waals surface area contributed by atoms with Crippen LogP contribution in [0.5, 0.6) is 0 Å². The molecule has 0 radical (unpaired) electrons. The molecule has 0 amide bonds. The zero-order chi connectivity index (χ0) is 15.6. The molecule has 2 aliphatic heterocycles. The molecule has 7 heteroatoms. The van der Waals surface area contributed by atoms with Gasteiger partial charge in [-0.05, 0) is 6.92 Å². The van der Waals surface area contributed by atoms with Crippen LogP contribution in [0, 0.1) is 0 Å². The molecule has 4 rings (SSSR count). The van der Waals surface area contributed by atoms with Gasteiger partial charge in [-0.15, -0.1) is 0 Å². The SMILES string of the molecule is CC(=O)O[C@@H]1CCn2c1nc1c2C(=O)C(C)=C(N2CC2)C1=O. The number of carbonyl (C=O) groups is 3. The van der Waals surface area contributed by atoms with E-state index in [9.17, 15) is 14.4 Å². The number of hydrogen-bond donors (Lipinski definition) is 0. The summed E-state index contributed by atoms with van der Waals surface area (Å²) in [5.74, 6) is -0.246. The molecular weight excluding hydrogens is 286 g/mol. The lowest BCUT2D eigenvalue weighted by Gasteiger charge is -2.17. The average molecular weight is 301 g/mol. The largest absolute Gasteiger partial charge is 0.454 e. The van der Waals surface area contributed by atoms with E-state index in [-0.39, 0.29) is 17.3 Å². The first-order valence-electron chi connectivity index (χ1n) is 7.32. The lowest BCUT2D eigenvalue weighted by molar-refractivity contribution is -0.146. The summed E-state index contributed by atoms with van der Waals surface area (Å²) in [6.07, 6.45) is 0.104. The smallest absolute Gasteiger partial charge is 0.303 e. The normalized spacial score (nSPS) is 22.8. The van der Waals surface area contributed by atoms with E-state index in [1.54, 1.807) is 11.5 Å². The first kappa shape index (κ1) is 13.2. The molecular formula is C15H15N3O4. The Bertz CT molecular complexity index is 770. The minimum atomic E-state index is -0.478. The van der Waals surface area contributed by atoms with E-state index in [4.69, 9.17) is 4.74 Å². The second-order valence-corrected chi connectivity index (χ2v) is 5.82. The number of imidazole rings is 1. The molecule has 0 aromatic carbocycles. The Hall–Kier alpha value is -2.44. The van der Waals surface area contributed by atoms with Crippen LogP contribution in [-0.2, 0) is 16.1 Å². The second kappa shape index (κ2) is 4.28. The Labute approximate surface area is 126 Å². The van der Waals surface area contributed by atoms with Crippen LogP contribution < -0.4 is 0 Å². The van der Waals surface area contributed by atoms with Crippen molar-refractivity contribution in [3.8, 4) is 0 Å². The predicted molar refractivity (Wildman–Crippen MR) is 74.3 cm³/mol. The maximum absolute atomic E-state index is 12.7. The van der Waals surface area contributed by atoms with E-state index in [1.807, 2.05) is 4.90 Å². The van der Waals surface area contributed by atoms with Gasteiger partial charge in [-0.3, -0.25) is 14.4 Å². The third-order valence-corrected chi connectivity index (χ3v) is 4.31. The molecule has 114 valence electrons. The van der Waals surface area contributed by atoms with Crippen LogP contribution in [0.4, 0.5) is 0 Å². The number of esters is 1. The fourth-order valence-corrected chi connectivity index (χ4v) is 3.24. The predicted octanol–water partition coefficient (Wildman–Crippen LogP) is 0.860. The summed E-state index contributed by atoms with van der Waals surface area (Å²) in [5.41, 5.74) is 1.49. The number of fused-ring (bicyclic) bond motifs is 3. The quantitative estimate of drug-likeness (QED) is 0.595. The highest BCUT2D eigenvalue weighted by Crippen LogP contribution is 2.37. The van der Waals surface area contributed by atoms with Crippen LogP contribution in [-0.4, -0.2) is 45.1 Å². The molecule has 0 saturated carbocycles. The van der Waals surface area contributed by atoms with Crippen molar-refractivity contribution in [3.05, 3.63) is 28.5 Å². The van der Waals surface area contributed by atoms with E-state index >= 15 is 0 Å². The summed E-state index contributed by atoms with van der Waals surface area (Å²) in [5, 5.41) is 0. The van der Waals surface area contributed by atoms with Crippen molar-refractivity contribution in [2.45, 2.75) is 32.9 Å². The molecule has 7 nitrogen and oxygen atoms in total. The minimum absolute atomic E-state index is 0.154. The van der Waals surface area contributed by atoms with Crippen LogP contribution in [0.3, 0.4) is 0 Å². The molecule has 1 saturated heterocycles. The fraction of sp³-hybridized carbons (Fsp3) is 0.467. The maximum Gasteiger partial charge on any atom is 0.303 e. The van der Waals surface area contributed by atoms with Crippen LogP contribution in [0.2, 0.25) is 0 Å². The first-order valence-corrected chi connectivity index (χ1v) is 7.32. The van der Waals surface area contributed by atoms with Crippen LogP contribution >= 0.6 is 0 Å². The summed E-state index contributed by atoms with van der Waals surface area (Å²) in [7, 11) is 0. The van der Waals surface area contributed by atoms with E-state index in [0.717, 1.165) is 13.1 Å². The Balaban J connectivity index is 1.81. The minimum Gasteiger partial charge on any atom is -0.454 e. The van der Waals surface area contributed by atoms with Crippen molar-refractivity contribution < 1.29 is 19.1 Å². The number of Topliss-reactive ketones (excluding diaryl/α,β-unsaturated/α-hetero) is 2. The number of allylic oxidation sites excluding steroid dienone is 2. The second-order valence-electron chi connectivity index (χ2n) is 5.82. The van der Waals surface area contributed by atoms with Crippen molar-refractivity contribution in [3.63, 3.8) is 0 Å². The lowest BCUT2D eigenvalue weighted by atomic mass is 9.95. The number of nitrogens with zero attached hydrogens (tertiary/aromatic N) is 3. The van der Waals surface area contributed by atoms with Crippen molar-refractivity contribution >= 4 is 17.5 Å². The van der Waals surface area contributed by atoms with Gasteiger partial charge in [-0.2, -0.15) is 0 Å². The van der Waals surface area contributed by atoms with Gasteiger partial charge in [0.2, 0.25) is 11.6 Å². The van der Waals surface area contributed by atoms with Gasteiger partial charge < -0.3 is 14.2 Å². The Morgan fingerprint density at radius 1 is 1.23 bits per heavy atom. The van der Waals surface area contributed by atoms with E-state index in [2.05, 4.69) is 4.98 Å². The van der Waals surface area contributed by atoms with Crippen molar-refractivity contribution in [2.24, 2.45) is 0 Å². The van der Waals surface area contributed by atoms with E-state index in [1.165, 1.54) is 6.92 Å². The van der Waals surface area contributed by atoms with Gasteiger partial charge in [0.15, 0.2) is 11.9 Å². The van der Waals surface area contributed by atoms with Crippen molar-refractivity contribution in [1.82, 2.24) is 14.5 Å². The summed E-state index contributed by atoms with van der Waals surface area (Å²) >= 11 is 0. The summed E-state index contributed by atoms with van der Waals surface area (Å²) in [6, 6.07) is 0. The molecule has 1 aromatic rings. The number of carbonyl (C=O) groups excluding carboxylic acids is 3. The van der Waals surface area contributed by atoms with Gasteiger partial charge >= 0.3 is 5.97 Å². The molecule has 0 unspecified atom stereocenters. The van der Waals surface area contributed by atoms with E-state index in [0.29, 0.717) is 35.8 Å². The molecule has 0 bridgehead atoms. The molecule has 22 heavy (non-hydrogen) atoms. The highest BCUT2D eigenvalue weighted by Gasteiger charge is 2.43. The number of ketones is 2. The monoisotopic (exact) mass is 301 g/mol. The topological polar surface area (TPSA) is 81.3 Å². The first-order chi connectivity index (χ1) is 10.5. The van der Waals surface area contributed by atoms with Gasteiger partial charge in [-0.25, -0.2) is 4.98 Å². The average Bonchev–Trinajstić information content (AvgIpc) is 3.09. The maximum atomic E-state index is 12.7. The zero-order valence-electron chi connectivity index (χ0n) is 12.4. The molecule has 1 atom stereocenters.